The van der Waals surface area contributed by atoms with E-state index in [1.54, 1.807) is 54.6 Å². The molecule has 4 rings (SSSR count). The summed E-state index contributed by atoms with van der Waals surface area (Å²) >= 11 is 0. The summed E-state index contributed by atoms with van der Waals surface area (Å²) < 4.78 is 0. The van der Waals surface area contributed by atoms with Gasteiger partial charge in [-0.3, -0.25) is 0 Å². The molecule has 4 aromatic carbocycles. The van der Waals surface area contributed by atoms with Crippen molar-refractivity contribution in [1.82, 2.24) is 0 Å². The van der Waals surface area contributed by atoms with E-state index in [1.807, 2.05) is 76.1 Å². The van der Waals surface area contributed by atoms with Crippen molar-refractivity contribution in [2.24, 2.45) is 0 Å². The molecule has 0 saturated carbocycles. The molecule has 0 radical (unpaired) electrons. The molecule has 0 aromatic heterocycles. The Morgan fingerprint density at radius 2 is 0.970 bits per heavy atom. The highest BCUT2D eigenvalue weighted by Gasteiger charge is 1.87. The molecule has 0 aliphatic carbocycles. The van der Waals surface area contributed by atoms with Crippen molar-refractivity contribution < 1.29 is 25.2 Å². The van der Waals surface area contributed by atoms with Crippen LogP contribution < -0.4 is 0 Å². The first-order chi connectivity index (χ1) is 15.8. The van der Waals surface area contributed by atoms with Gasteiger partial charge in [0.2, 0.25) is 0 Å². The zero-order valence-electron chi connectivity index (χ0n) is 19.2. The average molecular weight is 449 g/mol. The minimum atomic E-state index is 0.322. The van der Waals surface area contributed by atoms with Gasteiger partial charge in [0.15, 0.2) is 0 Å². The van der Waals surface area contributed by atoms with E-state index < -0.39 is 0 Å². The quantitative estimate of drug-likeness (QED) is 0.253. The van der Waals surface area contributed by atoms with Crippen molar-refractivity contribution in [3.05, 3.63) is 120 Å². The highest BCUT2D eigenvalue weighted by Crippen LogP contribution is 2.12. The molecule has 0 heterocycles. The Kier molecular flexibility index (Phi) is 15.2. The normalized spacial score (nSPS) is 8.58. The van der Waals surface area contributed by atoms with Gasteiger partial charge in [-0.25, -0.2) is 0 Å². The SMILES string of the molecule is C=O.Cc1ccc(O)cc1.Cc1cccc(O)c1.Cc1ccccc1O.Oc1ccccc1. The van der Waals surface area contributed by atoms with Gasteiger partial charge in [-0.15, -0.1) is 0 Å². The summed E-state index contributed by atoms with van der Waals surface area (Å²) in [5.74, 6) is 1.36. The summed E-state index contributed by atoms with van der Waals surface area (Å²) in [6, 6.07) is 30.2. The number of aromatic hydroxyl groups is 4. The number of phenols is 4. The van der Waals surface area contributed by atoms with Crippen LogP contribution in [0, 0.1) is 20.8 Å². The van der Waals surface area contributed by atoms with Gasteiger partial charge in [-0.1, -0.05) is 66.2 Å². The van der Waals surface area contributed by atoms with Crippen LogP contribution in [0.15, 0.2) is 103 Å². The molecule has 0 spiro atoms. The van der Waals surface area contributed by atoms with E-state index in [4.69, 9.17) is 25.2 Å². The minimum absolute atomic E-state index is 0.322. The van der Waals surface area contributed by atoms with Crippen molar-refractivity contribution in [2.75, 3.05) is 0 Å². The van der Waals surface area contributed by atoms with Gasteiger partial charge in [0, 0.05) is 0 Å². The summed E-state index contributed by atoms with van der Waals surface area (Å²) in [6.07, 6.45) is 0. The third-order valence-corrected chi connectivity index (χ3v) is 3.91. The number of rotatable bonds is 0. The summed E-state index contributed by atoms with van der Waals surface area (Å²) in [6.45, 7) is 7.80. The van der Waals surface area contributed by atoms with Gasteiger partial charge in [0.25, 0.3) is 0 Å². The van der Waals surface area contributed by atoms with E-state index in [0.717, 1.165) is 11.1 Å². The standard InChI is InChI=1S/3C7H8O.C6H6O.CH2O/c1-6-2-4-7(8)5-3-6;1-6-3-2-4-7(8)5-6;1-6-4-2-3-5-7(6)8;7-6-4-2-1-3-5-6;1-2/h3*2-5,8H,1H3;1-5,7H;1H2. The Labute approximate surface area is 195 Å². The van der Waals surface area contributed by atoms with Gasteiger partial charge < -0.3 is 25.2 Å². The molecule has 5 heteroatoms. The number of para-hydroxylation sites is 2. The molecule has 4 N–H and O–H groups in total. The predicted octanol–water partition coefficient (Wildman–Crippen LogP) is 6.31. The van der Waals surface area contributed by atoms with Crippen molar-refractivity contribution >= 4 is 6.79 Å². The fourth-order valence-corrected chi connectivity index (χ4v) is 2.16. The van der Waals surface area contributed by atoms with E-state index in [2.05, 4.69) is 0 Å². The molecule has 0 fully saturated rings. The van der Waals surface area contributed by atoms with E-state index in [-0.39, 0.29) is 0 Å². The number of carbonyl (C=O) groups is 1. The van der Waals surface area contributed by atoms with E-state index in [0.29, 0.717) is 23.0 Å². The van der Waals surface area contributed by atoms with Crippen LogP contribution >= 0.6 is 0 Å². The molecule has 0 aliphatic heterocycles. The molecule has 0 saturated heterocycles. The van der Waals surface area contributed by atoms with Crippen molar-refractivity contribution in [3.63, 3.8) is 0 Å². The lowest BCUT2D eigenvalue weighted by Crippen LogP contribution is -1.68. The second kappa shape index (κ2) is 17.4. The second-order valence-corrected chi connectivity index (χ2v) is 6.80. The molecule has 174 valence electrons. The van der Waals surface area contributed by atoms with Crippen LogP contribution in [-0.2, 0) is 4.79 Å². The van der Waals surface area contributed by atoms with Crippen molar-refractivity contribution in [1.29, 1.82) is 0 Å². The molecule has 0 bridgehead atoms. The Morgan fingerprint density at radius 3 is 1.30 bits per heavy atom. The maximum absolute atomic E-state index is 8.92. The Bertz CT molecular complexity index is 956. The molecule has 0 atom stereocenters. The number of phenolic OH excluding ortho intramolecular Hbond substituents is 4. The first-order valence-corrected chi connectivity index (χ1v) is 10.1. The Morgan fingerprint density at radius 1 is 0.485 bits per heavy atom. The van der Waals surface area contributed by atoms with Crippen molar-refractivity contribution in [3.8, 4) is 23.0 Å². The third kappa shape index (κ3) is 15.2. The molecule has 33 heavy (non-hydrogen) atoms. The van der Waals surface area contributed by atoms with Gasteiger partial charge >= 0.3 is 0 Å². The summed E-state index contributed by atoms with van der Waals surface area (Å²) in [7, 11) is 0. The van der Waals surface area contributed by atoms with Crippen LogP contribution in [-0.4, -0.2) is 27.2 Å². The number of hydrogen-bond donors (Lipinski definition) is 4. The largest absolute Gasteiger partial charge is 0.508 e. The van der Waals surface area contributed by atoms with Gasteiger partial charge in [-0.2, -0.15) is 0 Å². The Hall–Kier alpha value is -4.25. The molecule has 0 unspecified atom stereocenters. The maximum Gasteiger partial charge on any atom is 0.118 e. The zero-order chi connectivity index (χ0) is 25.1. The van der Waals surface area contributed by atoms with Crippen LogP contribution in [0.2, 0.25) is 0 Å². The van der Waals surface area contributed by atoms with E-state index in [1.165, 1.54) is 5.56 Å². The Balaban J connectivity index is 0.000000404. The van der Waals surface area contributed by atoms with Gasteiger partial charge in [0.05, 0.1) is 0 Å². The monoisotopic (exact) mass is 448 g/mol. The third-order valence-electron chi connectivity index (χ3n) is 3.91. The lowest BCUT2D eigenvalue weighted by Gasteiger charge is -1.92. The first kappa shape index (κ1) is 28.8. The topological polar surface area (TPSA) is 98.0 Å². The first-order valence-electron chi connectivity index (χ1n) is 10.1. The summed E-state index contributed by atoms with van der Waals surface area (Å²) in [4.78, 5) is 8.00. The number of benzene rings is 4. The van der Waals surface area contributed by atoms with Crippen molar-refractivity contribution in [2.45, 2.75) is 20.8 Å². The predicted molar refractivity (Wildman–Crippen MR) is 134 cm³/mol. The van der Waals surface area contributed by atoms with Crippen LogP contribution in [0.3, 0.4) is 0 Å². The fourth-order valence-electron chi connectivity index (χ4n) is 2.16. The summed E-state index contributed by atoms with van der Waals surface area (Å²) in [5, 5.41) is 35.1. The highest BCUT2D eigenvalue weighted by atomic mass is 16.3. The van der Waals surface area contributed by atoms with Crippen LogP contribution in [0.4, 0.5) is 0 Å². The molecule has 4 aromatic rings. The highest BCUT2D eigenvalue weighted by molar-refractivity contribution is 5.30. The molecular weight excluding hydrogens is 416 g/mol. The fraction of sp³-hybridized carbons (Fsp3) is 0.107. The second-order valence-electron chi connectivity index (χ2n) is 6.80. The molecule has 0 amide bonds. The van der Waals surface area contributed by atoms with Crippen LogP contribution in [0.25, 0.3) is 0 Å². The maximum atomic E-state index is 8.92. The zero-order valence-corrected chi connectivity index (χ0v) is 19.2. The summed E-state index contributed by atoms with van der Waals surface area (Å²) in [5.41, 5.74) is 3.18. The molecular formula is C28H32O5. The smallest absolute Gasteiger partial charge is 0.118 e. The van der Waals surface area contributed by atoms with Crippen LogP contribution in [0.1, 0.15) is 16.7 Å². The number of hydrogen-bond acceptors (Lipinski definition) is 5. The lowest BCUT2D eigenvalue weighted by atomic mass is 10.2. The lowest BCUT2D eigenvalue weighted by molar-refractivity contribution is -0.0980. The van der Waals surface area contributed by atoms with Crippen LogP contribution in [0.5, 0.6) is 23.0 Å². The number of carbonyl (C=O) groups excluding carboxylic acids is 1. The minimum Gasteiger partial charge on any atom is -0.508 e. The number of aryl methyl sites for hydroxylation is 3. The van der Waals surface area contributed by atoms with Gasteiger partial charge in [0.1, 0.15) is 29.8 Å². The average Bonchev–Trinajstić information content (AvgIpc) is 2.81. The van der Waals surface area contributed by atoms with E-state index in [9.17, 15) is 0 Å². The van der Waals surface area contributed by atoms with Gasteiger partial charge in [-0.05, 0) is 74.4 Å². The van der Waals surface area contributed by atoms with E-state index >= 15 is 0 Å². The molecule has 5 nitrogen and oxygen atoms in total. The molecule has 0 aliphatic rings.